The molecular formula is C15H17F2NO3. The number of hydrogen-bond acceptors (Lipinski definition) is 4. The van der Waals surface area contributed by atoms with E-state index in [1.165, 1.54) is 11.0 Å². The van der Waals surface area contributed by atoms with E-state index < -0.39 is 18.6 Å². The molecule has 21 heavy (non-hydrogen) atoms. The van der Waals surface area contributed by atoms with Crippen LogP contribution in [0, 0.1) is 6.92 Å². The number of nitrogens with zero attached hydrogens (tertiary/aromatic N) is 1. The predicted molar refractivity (Wildman–Crippen MR) is 75.6 cm³/mol. The summed E-state index contributed by atoms with van der Waals surface area (Å²) in [6.07, 6.45) is -2.50. The molecule has 1 aromatic carbocycles. The molecule has 4 nitrogen and oxygen atoms in total. The maximum absolute atomic E-state index is 12.6. The Morgan fingerprint density at radius 2 is 2.10 bits per heavy atom. The van der Waals surface area contributed by atoms with Crippen LogP contribution in [-0.4, -0.2) is 36.1 Å². The number of benzene rings is 1. The molecule has 0 saturated heterocycles. The molecule has 0 saturated carbocycles. The summed E-state index contributed by atoms with van der Waals surface area (Å²) in [4.78, 5) is 13.0. The van der Waals surface area contributed by atoms with Crippen LogP contribution in [0.15, 0.2) is 33.5 Å². The minimum atomic E-state index is -2.50. The topological polar surface area (TPSA) is 53.7 Å². The summed E-state index contributed by atoms with van der Waals surface area (Å²) < 4.78 is 30.2. The molecule has 0 aliphatic heterocycles. The molecule has 0 bridgehead atoms. The highest BCUT2D eigenvalue weighted by atomic mass is 19.3. The highest BCUT2D eigenvalue weighted by molar-refractivity contribution is 5.80. The van der Waals surface area contributed by atoms with E-state index in [4.69, 9.17) is 9.52 Å². The van der Waals surface area contributed by atoms with Crippen LogP contribution in [0.4, 0.5) is 8.78 Å². The molecular weight excluding hydrogens is 280 g/mol. The van der Waals surface area contributed by atoms with Gasteiger partial charge in [-0.25, -0.2) is 13.6 Å². The van der Waals surface area contributed by atoms with E-state index in [2.05, 4.69) is 0 Å². The molecule has 1 aromatic heterocycles. The molecule has 0 unspecified atom stereocenters. The van der Waals surface area contributed by atoms with Crippen LogP contribution in [0.2, 0.25) is 0 Å². The second-order valence-corrected chi connectivity index (χ2v) is 4.94. The van der Waals surface area contributed by atoms with Crippen molar-refractivity contribution in [2.24, 2.45) is 0 Å². The van der Waals surface area contributed by atoms with Crippen molar-refractivity contribution in [3.8, 4) is 0 Å². The number of aryl methyl sites for hydroxylation is 1. The first-order valence-electron chi connectivity index (χ1n) is 6.64. The molecule has 2 rings (SSSR count). The van der Waals surface area contributed by atoms with Crippen molar-refractivity contribution in [1.82, 2.24) is 4.90 Å². The van der Waals surface area contributed by atoms with E-state index in [0.29, 0.717) is 11.1 Å². The van der Waals surface area contributed by atoms with Crippen molar-refractivity contribution in [3.05, 3.63) is 45.8 Å². The van der Waals surface area contributed by atoms with Gasteiger partial charge < -0.3 is 9.52 Å². The number of rotatable bonds is 6. The van der Waals surface area contributed by atoms with Gasteiger partial charge in [-0.3, -0.25) is 4.90 Å². The number of aliphatic hydroxyl groups excluding tert-OH is 1. The lowest BCUT2D eigenvalue weighted by atomic mass is 10.1. The first-order chi connectivity index (χ1) is 9.99. The van der Waals surface area contributed by atoms with Crippen molar-refractivity contribution in [1.29, 1.82) is 0 Å². The number of fused-ring (bicyclic) bond motifs is 1. The van der Waals surface area contributed by atoms with Crippen LogP contribution in [-0.2, 0) is 6.54 Å². The van der Waals surface area contributed by atoms with Crippen molar-refractivity contribution in [2.75, 3.05) is 19.7 Å². The van der Waals surface area contributed by atoms with E-state index in [9.17, 15) is 13.6 Å². The first-order valence-corrected chi connectivity index (χ1v) is 6.64. The fourth-order valence-corrected chi connectivity index (χ4v) is 2.28. The third-order valence-electron chi connectivity index (χ3n) is 3.19. The fourth-order valence-electron chi connectivity index (χ4n) is 2.28. The fraction of sp³-hybridized carbons (Fsp3) is 0.400. The molecule has 0 radical (unpaired) electrons. The Bertz CT molecular complexity index is 670. The lowest BCUT2D eigenvalue weighted by Gasteiger charge is -2.21. The summed E-state index contributed by atoms with van der Waals surface area (Å²) in [5.74, 6) is 0. The van der Waals surface area contributed by atoms with Crippen molar-refractivity contribution in [3.63, 3.8) is 0 Å². The van der Waals surface area contributed by atoms with Gasteiger partial charge in [0.15, 0.2) is 0 Å². The van der Waals surface area contributed by atoms with Crippen LogP contribution in [0.25, 0.3) is 11.0 Å². The molecule has 2 aromatic rings. The van der Waals surface area contributed by atoms with Gasteiger partial charge in [-0.05, 0) is 24.1 Å². The van der Waals surface area contributed by atoms with Gasteiger partial charge in [0.25, 0.3) is 6.43 Å². The second kappa shape index (κ2) is 6.78. The minimum absolute atomic E-state index is 0.123. The molecule has 0 amide bonds. The lowest BCUT2D eigenvalue weighted by molar-refractivity contribution is 0.0748. The normalized spacial score (nSPS) is 11.7. The monoisotopic (exact) mass is 297 g/mol. The Hall–Kier alpha value is -1.79. The molecule has 1 N–H and O–H groups in total. The molecule has 0 atom stereocenters. The van der Waals surface area contributed by atoms with E-state index in [0.717, 1.165) is 10.9 Å². The Morgan fingerprint density at radius 3 is 2.76 bits per heavy atom. The van der Waals surface area contributed by atoms with Crippen LogP contribution >= 0.6 is 0 Å². The number of halogens is 2. The summed E-state index contributed by atoms with van der Waals surface area (Å²) in [6.45, 7) is 1.49. The molecule has 1 heterocycles. The summed E-state index contributed by atoms with van der Waals surface area (Å²) in [5, 5.41) is 9.68. The van der Waals surface area contributed by atoms with Crippen LogP contribution in [0.5, 0.6) is 0 Å². The van der Waals surface area contributed by atoms with Gasteiger partial charge in [0.2, 0.25) is 0 Å². The average Bonchev–Trinajstić information content (AvgIpc) is 2.37. The van der Waals surface area contributed by atoms with Gasteiger partial charge in [-0.15, -0.1) is 0 Å². The van der Waals surface area contributed by atoms with Gasteiger partial charge in [0.05, 0.1) is 13.2 Å². The van der Waals surface area contributed by atoms with Gasteiger partial charge in [0, 0.05) is 24.5 Å². The summed E-state index contributed by atoms with van der Waals surface area (Å²) in [7, 11) is 0. The van der Waals surface area contributed by atoms with Gasteiger partial charge in [-0.1, -0.05) is 12.1 Å². The smallest absolute Gasteiger partial charge is 0.336 e. The predicted octanol–water partition coefficient (Wildman–Crippen LogP) is 2.16. The summed E-state index contributed by atoms with van der Waals surface area (Å²) in [5.41, 5.74) is 1.50. The van der Waals surface area contributed by atoms with Crippen LogP contribution in [0.3, 0.4) is 0 Å². The standard InChI is InChI=1S/C15H17F2NO3/c1-10-2-3-12-11(7-15(20)21-13(12)6-10)8-18(4-5-19)9-14(16)17/h2-3,6-7,14,19H,4-5,8-9H2,1H3. The minimum Gasteiger partial charge on any atom is -0.423 e. The summed E-state index contributed by atoms with van der Waals surface area (Å²) >= 11 is 0. The molecule has 6 heteroatoms. The molecule has 0 spiro atoms. The van der Waals surface area contributed by atoms with E-state index >= 15 is 0 Å². The highest BCUT2D eigenvalue weighted by Gasteiger charge is 2.14. The largest absolute Gasteiger partial charge is 0.423 e. The van der Waals surface area contributed by atoms with Crippen molar-refractivity contribution in [2.45, 2.75) is 19.9 Å². The quantitative estimate of drug-likeness (QED) is 0.830. The molecule has 0 fully saturated rings. The summed E-state index contributed by atoms with van der Waals surface area (Å²) in [6, 6.07) is 6.73. The van der Waals surface area contributed by atoms with E-state index in [1.807, 2.05) is 19.1 Å². The third kappa shape index (κ3) is 4.09. The second-order valence-electron chi connectivity index (χ2n) is 4.94. The Morgan fingerprint density at radius 1 is 1.33 bits per heavy atom. The Balaban J connectivity index is 2.37. The SMILES string of the molecule is Cc1ccc2c(CN(CCO)CC(F)F)cc(=O)oc2c1. The van der Waals surface area contributed by atoms with Crippen molar-refractivity contribution < 1.29 is 18.3 Å². The van der Waals surface area contributed by atoms with Gasteiger partial charge in [-0.2, -0.15) is 0 Å². The molecule has 0 aliphatic carbocycles. The number of aliphatic hydroxyl groups is 1. The Labute approximate surface area is 120 Å². The maximum atomic E-state index is 12.6. The molecule has 0 aliphatic rings. The number of hydrogen-bond donors (Lipinski definition) is 1. The lowest BCUT2D eigenvalue weighted by Crippen LogP contribution is -2.31. The maximum Gasteiger partial charge on any atom is 0.336 e. The molecule has 114 valence electrons. The zero-order chi connectivity index (χ0) is 15.4. The van der Waals surface area contributed by atoms with Crippen LogP contribution in [0.1, 0.15) is 11.1 Å². The average molecular weight is 297 g/mol. The van der Waals surface area contributed by atoms with Crippen LogP contribution < -0.4 is 5.63 Å². The Kier molecular flexibility index (Phi) is 5.03. The van der Waals surface area contributed by atoms with Crippen molar-refractivity contribution >= 4 is 11.0 Å². The highest BCUT2D eigenvalue weighted by Crippen LogP contribution is 2.20. The van der Waals surface area contributed by atoms with Gasteiger partial charge >= 0.3 is 5.63 Å². The zero-order valence-corrected chi connectivity index (χ0v) is 11.7. The number of alkyl halides is 2. The van der Waals surface area contributed by atoms with Gasteiger partial charge in [0.1, 0.15) is 5.58 Å². The zero-order valence-electron chi connectivity index (χ0n) is 11.7. The van der Waals surface area contributed by atoms with E-state index in [-0.39, 0.29) is 19.7 Å². The third-order valence-corrected chi connectivity index (χ3v) is 3.19. The first kappa shape index (κ1) is 15.6. The van der Waals surface area contributed by atoms with E-state index in [1.54, 1.807) is 6.07 Å².